The van der Waals surface area contributed by atoms with Crippen molar-refractivity contribution in [3.05, 3.63) is 89.5 Å². The number of hydrogen-bond acceptors (Lipinski definition) is 8. The number of nitrogens with one attached hydrogen (secondary N) is 2. The SMILES string of the molecule is Cc1cc(Oc2ccccc2F)ccc1-n1ncc(C(=O)c2cc3cc(OC(F)F)c(N4CC5(CCCC5)NCOS4=O)cc3[nH]2)c1N. The van der Waals surface area contributed by atoms with Crippen molar-refractivity contribution in [2.75, 3.05) is 23.3 Å². The van der Waals surface area contributed by atoms with E-state index in [-0.39, 0.29) is 53.1 Å². The molecule has 2 aliphatic rings. The van der Waals surface area contributed by atoms with Gasteiger partial charge in [0.05, 0.1) is 35.4 Å². The molecule has 1 aliphatic heterocycles. The van der Waals surface area contributed by atoms with Crippen molar-refractivity contribution in [3.8, 4) is 22.9 Å². The zero-order valence-corrected chi connectivity index (χ0v) is 26.5. The van der Waals surface area contributed by atoms with Gasteiger partial charge in [-0.1, -0.05) is 25.0 Å². The third-order valence-electron chi connectivity index (χ3n) is 8.74. The number of aryl methyl sites for hydroxylation is 1. The predicted octanol–water partition coefficient (Wildman–Crippen LogP) is 6.28. The molecule has 1 aliphatic carbocycles. The van der Waals surface area contributed by atoms with Gasteiger partial charge in [-0.15, -0.1) is 0 Å². The Balaban J connectivity index is 1.19. The molecule has 15 heteroatoms. The van der Waals surface area contributed by atoms with Crippen LogP contribution >= 0.6 is 0 Å². The van der Waals surface area contributed by atoms with Crippen LogP contribution in [-0.2, 0) is 15.4 Å². The Hall–Kier alpha value is -4.86. The average Bonchev–Trinajstić information content (AvgIpc) is 3.76. The van der Waals surface area contributed by atoms with Gasteiger partial charge in [0.2, 0.25) is 5.78 Å². The van der Waals surface area contributed by atoms with Gasteiger partial charge in [-0.05, 0) is 73.9 Å². The first kappa shape index (κ1) is 31.7. The first-order valence-corrected chi connectivity index (χ1v) is 16.2. The highest BCUT2D eigenvalue weighted by Gasteiger charge is 2.40. The standard InChI is InChI=1S/C33H31F3N6O5S/c1-19-12-21(46-28-7-3-2-6-23(28)34)8-9-26(19)42-31(37)22(16-39-42)30(43)25-13-20-14-29(47-32(35)36)27(15-24(20)40-25)41-17-33(10-4-5-11-33)38-18-45-48(41)44/h2-3,6-9,12-16,32,38,40H,4-5,10-11,17-18,37H2,1H3. The zero-order chi connectivity index (χ0) is 33.6. The van der Waals surface area contributed by atoms with Crippen molar-refractivity contribution >= 4 is 39.5 Å². The Morgan fingerprint density at radius 3 is 2.62 bits per heavy atom. The molecule has 250 valence electrons. The van der Waals surface area contributed by atoms with Crippen LogP contribution in [0.25, 0.3) is 16.6 Å². The summed E-state index contributed by atoms with van der Waals surface area (Å²) in [5, 5.41) is 8.08. The third-order valence-corrected chi connectivity index (χ3v) is 9.74. The molecule has 1 saturated carbocycles. The molecule has 1 spiro atoms. The molecule has 2 aromatic heterocycles. The van der Waals surface area contributed by atoms with E-state index < -0.39 is 29.5 Å². The van der Waals surface area contributed by atoms with E-state index in [0.717, 1.165) is 25.7 Å². The number of nitrogen functional groups attached to an aromatic ring is 1. The number of anilines is 2. The number of H-pyrrole nitrogens is 1. The van der Waals surface area contributed by atoms with Gasteiger partial charge in [0.1, 0.15) is 18.3 Å². The Bertz CT molecular complexity index is 2040. The minimum atomic E-state index is -3.14. The van der Waals surface area contributed by atoms with Crippen molar-refractivity contribution in [2.24, 2.45) is 0 Å². The summed E-state index contributed by atoms with van der Waals surface area (Å²) >= 11 is -1.99. The van der Waals surface area contributed by atoms with E-state index in [4.69, 9.17) is 19.4 Å². The monoisotopic (exact) mass is 680 g/mol. The van der Waals surface area contributed by atoms with Crippen LogP contribution in [0.4, 0.5) is 24.7 Å². The summed E-state index contributed by atoms with van der Waals surface area (Å²) in [6.45, 7) is -1.04. The molecule has 1 unspecified atom stereocenters. The van der Waals surface area contributed by atoms with Crippen LogP contribution in [0, 0.1) is 12.7 Å². The molecule has 48 heavy (non-hydrogen) atoms. The van der Waals surface area contributed by atoms with Crippen LogP contribution in [0.3, 0.4) is 0 Å². The summed E-state index contributed by atoms with van der Waals surface area (Å²) < 4.78 is 73.2. The number of carbonyl (C=O) groups is 1. The maximum Gasteiger partial charge on any atom is 0.387 e. The number of nitrogens with two attached hydrogens (primary N) is 1. The van der Waals surface area contributed by atoms with Crippen LogP contribution in [0.5, 0.6) is 17.2 Å². The second kappa shape index (κ2) is 12.6. The van der Waals surface area contributed by atoms with Gasteiger partial charge in [0.15, 0.2) is 17.3 Å². The van der Waals surface area contributed by atoms with Crippen molar-refractivity contribution in [2.45, 2.75) is 44.8 Å². The molecule has 0 radical (unpaired) electrons. The molecular weight excluding hydrogens is 649 g/mol. The summed E-state index contributed by atoms with van der Waals surface area (Å²) in [5.74, 6) is -0.629. The predicted molar refractivity (Wildman–Crippen MR) is 173 cm³/mol. The number of carbonyl (C=O) groups excluding carboxylic acids is 1. The highest BCUT2D eigenvalue weighted by atomic mass is 32.2. The molecule has 2 fully saturated rings. The number of rotatable bonds is 8. The number of para-hydroxylation sites is 1. The van der Waals surface area contributed by atoms with Crippen LogP contribution in [0.2, 0.25) is 0 Å². The molecule has 4 N–H and O–H groups in total. The normalized spacial score (nSPS) is 17.7. The highest BCUT2D eigenvalue weighted by molar-refractivity contribution is 7.81. The third kappa shape index (κ3) is 6.00. The molecule has 1 atom stereocenters. The molecular formula is C33H31F3N6O5S. The maximum atomic E-state index is 14.1. The molecule has 3 heterocycles. The highest BCUT2D eigenvalue weighted by Crippen LogP contribution is 2.40. The molecule has 0 amide bonds. The van der Waals surface area contributed by atoms with Crippen molar-refractivity contribution < 1.29 is 35.8 Å². The van der Waals surface area contributed by atoms with Gasteiger partial charge in [-0.25, -0.2) is 13.3 Å². The molecule has 1 saturated heterocycles. The van der Waals surface area contributed by atoms with Crippen molar-refractivity contribution in [1.29, 1.82) is 0 Å². The quantitative estimate of drug-likeness (QED) is 0.163. The Morgan fingerprint density at radius 2 is 1.88 bits per heavy atom. The number of nitrogens with zero attached hydrogens (tertiary/aromatic N) is 3. The Morgan fingerprint density at radius 1 is 1.08 bits per heavy atom. The van der Waals surface area contributed by atoms with E-state index >= 15 is 0 Å². The second-order valence-corrected chi connectivity index (χ2v) is 12.9. The van der Waals surface area contributed by atoms with Crippen LogP contribution in [0.1, 0.15) is 47.3 Å². The fourth-order valence-electron chi connectivity index (χ4n) is 6.34. The topological polar surface area (TPSA) is 137 Å². The summed E-state index contributed by atoms with van der Waals surface area (Å²) in [7, 11) is 0. The van der Waals surface area contributed by atoms with E-state index in [1.54, 1.807) is 37.3 Å². The molecule has 11 nitrogen and oxygen atoms in total. The summed E-state index contributed by atoms with van der Waals surface area (Å²) in [6.07, 6.45) is 4.93. The van der Waals surface area contributed by atoms with Gasteiger partial charge in [-0.2, -0.15) is 13.9 Å². The fraction of sp³-hybridized carbons (Fsp3) is 0.273. The fourth-order valence-corrected chi connectivity index (χ4v) is 7.28. The summed E-state index contributed by atoms with van der Waals surface area (Å²) in [5.41, 5.74) is 8.12. The van der Waals surface area contributed by atoms with Crippen molar-refractivity contribution in [1.82, 2.24) is 20.1 Å². The second-order valence-electron chi connectivity index (χ2n) is 11.8. The Labute approximate surface area is 275 Å². The van der Waals surface area contributed by atoms with E-state index in [2.05, 4.69) is 15.4 Å². The van der Waals surface area contributed by atoms with Crippen LogP contribution < -0.4 is 24.8 Å². The number of alkyl halides is 2. The van der Waals surface area contributed by atoms with E-state index in [1.807, 2.05) is 0 Å². The molecule has 0 bridgehead atoms. The number of ketones is 1. The average molecular weight is 681 g/mol. The zero-order valence-electron chi connectivity index (χ0n) is 25.7. The maximum absolute atomic E-state index is 14.1. The first-order valence-electron chi connectivity index (χ1n) is 15.2. The smallest absolute Gasteiger partial charge is 0.387 e. The minimum Gasteiger partial charge on any atom is -0.454 e. The summed E-state index contributed by atoms with van der Waals surface area (Å²) in [6, 6.07) is 15.5. The van der Waals surface area contributed by atoms with Gasteiger partial charge < -0.3 is 20.2 Å². The number of benzene rings is 3. The molecule has 7 rings (SSSR count). The van der Waals surface area contributed by atoms with Crippen LogP contribution in [-0.4, -0.2) is 50.2 Å². The van der Waals surface area contributed by atoms with Gasteiger partial charge in [-0.3, -0.25) is 18.6 Å². The summed E-state index contributed by atoms with van der Waals surface area (Å²) in [4.78, 5) is 16.8. The lowest BCUT2D eigenvalue weighted by Crippen LogP contribution is -2.49. The number of ether oxygens (including phenoxy) is 2. The number of halogens is 3. The van der Waals surface area contributed by atoms with Crippen LogP contribution in [0.15, 0.2) is 66.9 Å². The van der Waals surface area contributed by atoms with E-state index in [1.165, 1.54) is 45.5 Å². The van der Waals surface area contributed by atoms with Gasteiger partial charge in [0, 0.05) is 16.4 Å². The van der Waals surface area contributed by atoms with Gasteiger partial charge >= 0.3 is 6.61 Å². The Kier molecular flexibility index (Phi) is 8.35. The van der Waals surface area contributed by atoms with E-state index in [9.17, 15) is 22.2 Å². The lowest BCUT2D eigenvalue weighted by atomic mass is 9.97. The van der Waals surface area contributed by atoms with Gasteiger partial charge in [0.25, 0.3) is 11.3 Å². The first-order chi connectivity index (χ1) is 23.1. The lowest BCUT2D eigenvalue weighted by molar-refractivity contribution is -0.0493. The largest absolute Gasteiger partial charge is 0.454 e. The number of aromatic nitrogens is 3. The minimum absolute atomic E-state index is 0.0533. The lowest BCUT2D eigenvalue weighted by Gasteiger charge is -2.32. The number of aromatic amines is 1. The molecule has 3 aromatic carbocycles. The number of fused-ring (bicyclic) bond motifs is 1. The van der Waals surface area contributed by atoms with Crippen molar-refractivity contribution in [3.63, 3.8) is 0 Å². The number of hydrogen-bond donors (Lipinski definition) is 3. The van der Waals surface area contributed by atoms with E-state index in [0.29, 0.717) is 27.9 Å². The molecule has 5 aromatic rings.